The van der Waals surface area contributed by atoms with Crippen LogP contribution in [0.2, 0.25) is 0 Å². The zero-order valence-electron chi connectivity index (χ0n) is 9.60. The first-order chi connectivity index (χ1) is 7.58. The van der Waals surface area contributed by atoms with E-state index in [1.165, 1.54) is 0 Å². The molecule has 6 nitrogen and oxygen atoms in total. The van der Waals surface area contributed by atoms with Crippen LogP contribution in [0.15, 0.2) is 0 Å². The highest BCUT2D eigenvalue weighted by atomic mass is 16.5. The Morgan fingerprint density at radius 2 is 2.31 bits per heavy atom. The fourth-order valence-corrected chi connectivity index (χ4v) is 1.68. The van der Waals surface area contributed by atoms with E-state index in [0.717, 1.165) is 6.42 Å². The molecule has 0 saturated carbocycles. The van der Waals surface area contributed by atoms with Crippen molar-refractivity contribution in [3.63, 3.8) is 0 Å². The number of nitrogens with one attached hydrogen (secondary N) is 1. The standard InChI is InChI=1S/C10H18N2O4/c1-3-8(9(13)14)11-10(15)12-5-4-7(6-12)16-2/h7-8H,3-6H2,1-2H3,(H,11,15)(H,13,14)/t7?,8-/m0/s1. The van der Waals surface area contributed by atoms with E-state index in [2.05, 4.69) is 5.32 Å². The van der Waals surface area contributed by atoms with Crippen molar-refractivity contribution >= 4 is 12.0 Å². The van der Waals surface area contributed by atoms with Crippen LogP contribution in [-0.4, -0.2) is 54.4 Å². The first-order valence-electron chi connectivity index (χ1n) is 5.39. The lowest BCUT2D eigenvalue weighted by atomic mass is 10.2. The average molecular weight is 230 g/mol. The highest BCUT2D eigenvalue weighted by Gasteiger charge is 2.28. The van der Waals surface area contributed by atoms with Crippen LogP contribution in [-0.2, 0) is 9.53 Å². The van der Waals surface area contributed by atoms with Crippen molar-refractivity contribution in [2.24, 2.45) is 0 Å². The second-order valence-electron chi connectivity index (χ2n) is 3.84. The highest BCUT2D eigenvalue weighted by molar-refractivity contribution is 5.82. The molecule has 0 aromatic heterocycles. The van der Waals surface area contributed by atoms with Crippen molar-refractivity contribution in [3.05, 3.63) is 0 Å². The van der Waals surface area contributed by atoms with Gasteiger partial charge in [-0.1, -0.05) is 6.92 Å². The van der Waals surface area contributed by atoms with Crippen molar-refractivity contribution in [2.75, 3.05) is 20.2 Å². The Morgan fingerprint density at radius 3 is 2.75 bits per heavy atom. The fraction of sp³-hybridized carbons (Fsp3) is 0.800. The van der Waals surface area contributed by atoms with Crippen molar-refractivity contribution in [1.82, 2.24) is 10.2 Å². The number of nitrogens with zero attached hydrogens (tertiary/aromatic N) is 1. The molecule has 1 aliphatic rings. The molecule has 1 unspecified atom stereocenters. The van der Waals surface area contributed by atoms with Crippen LogP contribution >= 0.6 is 0 Å². The molecule has 0 radical (unpaired) electrons. The van der Waals surface area contributed by atoms with E-state index < -0.39 is 12.0 Å². The Kier molecular flexibility index (Phi) is 4.54. The third kappa shape index (κ3) is 3.10. The summed E-state index contributed by atoms with van der Waals surface area (Å²) in [5.41, 5.74) is 0. The van der Waals surface area contributed by atoms with Crippen molar-refractivity contribution < 1.29 is 19.4 Å². The lowest BCUT2D eigenvalue weighted by molar-refractivity contribution is -0.139. The van der Waals surface area contributed by atoms with E-state index in [-0.39, 0.29) is 12.1 Å². The third-order valence-corrected chi connectivity index (χ3v) is 2.77. The predicted octanol–water partition coefficient (Wildman–Crippen LogP) is 0.280. The molecule has 0 aromatic rings. The number of carboxylic acid groups (broad SMARTS) is 1. The van der Waals surface area contributed by atoms with Gasteiger partial charge in [-0.25, -0.2) is 9.59 Å². The second kappa shape index (κ2) is 5.69. The number of hydrogen-bond donors (Lipinski definition) is 2. The molecule has 6 heteroatoms. The van der Waals surface area contributed by atoms with Crippen molar-refractivity contribution in [1.29, 1.82) is 0 Å². The molecular weight excluding hydrogens is 212 g/mol. The number of rotatable bonds is 4. The lowest BCUT2D eigenvalue weighted by Gasteiger charge is -2.20. The van der Waals surface area contributed by atoms with Gasteiger partial charge in [-0.3, -0.25) is 0 Å². The summed E-state index contributed by atoms with van der Waals surface area (Å²) in [6.07, 6.45) is 1.24. The van der Waals surface area contributed by atoms with E-state index in [0.29, 0.717) is 19.5 Å². The fourth-order valence-electron chi connectivity index (χ4n) is 1.68. The predicted molar refractivity (Wildman–Crippen MR) is 57.2 cm³/mol. The number of urea groups is 1. The van der Waals surface area contributed by atoms with Gasteiger partial charge in [0.15, 0.2) is 0 Å². The van der Waals surface area contributed by atoms with Gasteiger partial charge in [0.25, 0.3) is 0 Å². The molecule has 1 fully saturated rings. The smallest absolute Gasteiger partial charge is 0.326 e. The van der Waals surface area contributed by atoms with Gasteiger partial charge in [-0.05, 0) is 12.8 Å². The molecule has 0 aliphatic carbocycles. The number of carboxylic acids is 1. The first kappa shape index (κ1) is 12.8. The number of aliphatic carboxylic acids is 1. The SMILES string of the molecule is CC[C@H](NC(=O)N1CCC(OC)C1)C(=O)O. The van der Waals surface area contributed by atoms with Gasteiger partial charge in [0.05, 0.1) is 6.10 Å². The highest BCUT2D eigenvalue weighted by Crippen LogP contribution is 2.11. The quantitative estimate of drug-likeness (QED) is 0.727. The number of carbonyl (C=O) groups excluding carboxylic acids is 1. The van der Waals surface area contributed by atoms with Gasteiger partial charge < -0.3 is 20.1 Å². The van der Waals surface area contributed by atoms with E-state index in [1.54, 1.807) is 18.9 Å². The van der Waals surface area contributed by atoms with E-state index >= 15 is 0 Å². The maximum atomic E-state index is 11.7. The van der Waals surface area contributed by atoms with Crippen molar-refractivity contribution in [2.45, 2.75) is 31.9 Å². The number of hydrogen-bond acceptors (Lipinski definition) is 3. The lowest BCUT2D eigenvalue weighted by Crippen LogP contribution is -2.47. The number of ether oxygens (including phenoxy) is 1. The summed E-state index contributed by atoms with van der Waals surface area (Å²) in [5, 5.41) is 11.3. The number of amides is 2. The molecule has 0 bridgehead atoms. The molecule has 0 aromatic carbocycles. The van der Waals surface area contributed by atoms with Crippen LogP contribution in [0.25, 0.3) is 0 Å². The Labute approximate surface area is 94.6 Å². The third-order valence-electron chi connectivity index (χ3n) is 2.77. The molecule has 0 spiro atoms. The van der Waals surface area contributed by atoms with Gasteiger partial charge in [0, 0.05) is 20.2 Å². The van der Waals surface area contributed by atoms with Crippen molar-refractivity contribution in [3.8, 4) is 0 Å². The molecule has 16 heavy (non-hydrogen) atoms. The normalized spacial score (nSPS) is 21.9. The Bertz CT molecular complexity index is 270. The van der Waals surface area contributed by atoms with Gasteiger partial charge in [-0.2, -0.15) is 0 Å². The second-order valence-corrected chi connectivity index (χ2v) is 3.84. The van der Waals surface area contributed by atoms with E-state index in [4.69, 9.17) is 9.84 Å². The maximum Gasteiger partial charge on any atom is 0.326 e. The van der Waals surface area contributed by atoms with Gasteiger partial charge in [0.1, 0.15) is 6.04 Å². The number of carbonyl (C=O) groups is 2. The van der Waals surface area contributed by atoms with E-state index in [1.807, 2.05) is 0 Å². The summed E-state index contributed by atoms with van der Waals surface area (Å²) in [5.74, 6) is -1.00. The summed E-state index contributed by atoms with van der Waals surface area (Å²) in [4.78, 5) is 24.0. The van der Waals surface area contributed by atoms with Crippen LogP contribution in [0.1, 0.15) is 19.8 Å². The van der Waals surface area contributed by atoms with Gasteiger partial charge >= 0.3 is 12.0 Å². The molecule has 1 rings (SSSR count). The number of methoxy groups -OCH3 is 1. The summed E-state index contributed by atoms with van der Waals surface area (Å²) in [6.45, 7) is 2.86. The topological polar surface area (TPSA) is 78.9 Å². The average Bonchev–Trinajstić information content (AvgIpc) is 2.73. The summed E-state index contributed by atoms with van der Waals surface area (Å²) >= 11 is 0. The monoisotopic (exact) mass is 230 g/mol. The van der Waals surface area contributed by atoms with Gasteiger partial charge in [-0.15, -0.1) is 0 Å². The van der Waals surface area contributed by atoms with Crippen LogP contribution < -0.4 is 5.32 Å². The molecule has 92 valence electrons. The molecule has 2 atom stereocenters. The molecular formula is C10H18N2O4. The number of likely N-dealkylation sites (tertiary alicyclic amines) is 1. The summed E-state index contributed by atoms with van der Waals surface area (Å²) in [6, 6.07) is -1.14. The van der Waals surface area contributed by atoms with Crippen LogP contribution in [0.4, 0.5) is 4.79 Å². The molecule has 1 heterocycles. The largest absolute Gasteiger partial charge is 0.480 e. The van der Waals surface area contributed by atoms with Gasteiger partial charge in [0.2, 0.25) is 0 Å². The Balaban J connectivity index is 2.43. The Hall–Kier alpha value is -1.30. The minimum atomic E-state index is -1.00. The molecule has 2 N–H and O–H groups in total. The summed E-state index contributed by atoms with van der Waals surface area (Å²) in [7, 11) is 1.61. The zero-order valence-corrected chi connectivity index (χ0v) is 9.60. The summed E-state index contributed by atoms with van der Waals surface area (Å²) < 4.78 is 5.13. The zero-order chi connectivity index (χ0) is 12.1. The van der Waals surface area contributed by atoms with E-state index in [9.17, 15) is 9.59 Å². The maximum absolute atomic E-state index is 11.7. The molecule has 1 aliphatic heterocycles. The minimum absolute atomic E-state index is 0.0654. The van der Waals surface area contributed by atoms with Crippen LogP contribution in [0, 0.1) is 0 Å². The first-order valence-corrected chi connectivity index (χ1v) is 5.39. The molecule has 2 amide bonds. The molecule has 1 saturated heterocycles. The van der Waals surface area contributed by atoms with Crippen LogP contribution in [0.3, 0.4) is 0 Å². The minimum Gasteiger partial charge on any atom is -0.480 e. The van der Waals surface area contributed by atoms with Crippen LogP contribution in [0.5, 0.6) is 0 Å². The Morgan fingerprint density at radius 1 is 1.62 bits per heavy atom.